The Morgan fingerprint density at radius 3 is 2.13 bits per heavy atom. The molecule has 2 aromatic carbocycles. The molecule has 0 fully saturated rings. The molecule has 0 radical (unpaired) electrons. The van der Waals surface area contributed by atoms with E-state index in [4.69, 9.17) is 25.8 Å². The number of halogens is 3. The van der Waals surface area contributed by atoms with Gasteiger partial charge in [-0.25, -0.2) is 0 Å². The van der Waals surface area contributed by atoms with Gasteiger partial charge in [-0.3, -0.25) is 4.99 Å². The maximum atomic E-state index is 12.6. The van der Waals surface area contributed by atoms with Crippen LogP contribution in [-0.2, 0) is 13.1 Å². The van der Waals surface area contributed by atoms with Gasteiger partial charge in [0.1, 0.15) is 23.0 Å². The minimum absolute atomic E-state index is 0.0378. The molecule has 0 heterocycles. The normalized spacial score (nSPS) is 11.3. The Morgan fingerprint density at radius 2 is 1.60 bits per heavy atom. The largest absolute Gasteiger partial charge is 0.496 e. The van der Waals surface area contributed by atoms with Gasteiger partial charge in [-0.15, -0.1) is 0 Å². The summed E-state index contributed by atoms with van der Waals surface area (Å²) in [6.07, 6.45) is 0. The first-order valence-corrected chi connectivity index (χ1v) is 9.26. The van der Waals surface area contributed by atoms with Crippen molar-refractivity contribution < 1.29 is 27.7 Å². The van der Waals surface area contributed by atoms with Crippen molar-refractivity contribution in [2.45, 2.75) is 19.7 Å². The Balaban J connectivity index is 2.11. The maximum absolute atomic E-state index is 12.6. The highest BCUT2D eigenvalue weighted by Crippen LogP contribution is 2.33. The fraction of sp³-hybridized carbons (Fsp3) is 0.350. The van der Waals surface area contributed by atoms with E-state index in [-0.39, 0.29) is 12.3 Å². The Bertz CT molecular complexity index is 856. The van der Waals surface area contributed by atoms with Crippen LogP contribution >= 0.6 is 11.6 Å². The fourth-order valence-electron chi connectivity index (χ4n) is 2.72. The predicted molar refractivity (Wildman–Crippen MR) is 111 cm³/mol. The number of hydrogen-bond donors (Lipinski definition) is 2. The molecule has 0 unspecified atom stereocenters. The van der Waals surface area contributed by atoms with E-state index in [1.54, 1.807) is 46.6 Å². The lowest BCUT2D eigenvalue weighted by Gasteiger charge is -2.18. The van der Waals surface area contributed by atoms with E-state index in [1.807, 2.05) is 0 Å². The van der Waals surface area contributed by atoms with Gasteiger partial charge in [0.05, 0.1) is 33.4 Å². The van der Waals surface area contributed by atoms with Gasteiger partial charge in [0.15, 0.2) is 5.96 Å². The summed E-state index contributed by atoms with van der Waals surface area (Å²) in [4.78, 5) is 4.14. The van der Waals surface area contributed by atoms with E-state index >= 15 is 0 Å². The molecular weight excluding hydrogens is 420 g/mol. The van der Waals surface area contributed by atoms with Crippen molar-refractivity contribution in [3.05, 3.63) is 46.5 Å². The van der Waals surface area contributed by atoms with Crippen LogP contribution in [0.25, 0.3) is 0 Å². The van der Waals surface area contributed by atoms with Gasteiger partial charge in [0.2, 0.25) is 0 Å². The number of ether oxygens (including phenoxy) is 4. The van der Waals surface area contributed by atoms with Crippen LogP contribution in [0.15, 0.2) is 35.3 Å². The number of methoxy groups -OCH3 is 3. The summed E-state index contributed by atoms with van der Waals surface area (Å²) >= 11 is 5.98. The molecule has 30 heavy (non-hydrogen) atoms. The molecule has 2 rings (SSSR count). The molecule has 0 bridgehead atoms. The van der Waals surface area contributed by atoms with Crippen LogP contribution in [0, 0.1) is 0 Å². The average molecular weight is 444 g/mol. The summed E-state index contributed by atoms with van der Waals surface area (Å²) in [5.41, 5.74) is 1.22. The number of guanidine groups is 1. The molecule has 164 valence electrons. The Morgan fingerprint density at radius 1 is 0.967 bits per heavy atom. The molecule has 0 saturated carbocycles. The molecule has 0 aliphatic heterocycles. The van der Waals surface area contributed by atoms with E-state index in [9.17, 15) is 8.78 Å². The van der Waals surface area contributed by atoms with Crippen LogP contribution in [0.1, 0.15) is 11.1 Å². The second-order valence-corrected chi connectivity index (χ2v) is 6.36. The van der Waals surface area contributed by atoms with Crippen molar-refractivity contribution in [3.8, 4) is 23.0 Å². The second kappa shape index (κ2) is 11.3. The molecule has 0 saturated heterocycles. The Labute approximate surface area is 178 Å². The summed E-state index contributed by atoms with van der Waals surface area (Å²) in [5, 5.41) is 6.58. The highest BCUT2D eigenvalue weighted by atomic mass is 35.5. The van der Waals surface area contributed by atoms with Crippen molar-refractivity contribution in [2.24, 2.45) is 4.99 Å². The van der Waals surface area contributed by atoms with Crippen molar-refractivity contribution in [1.29, 1.82) is 0 Å². The quantitative estimate of drug-likeness (QED) is 0.453. The van der Waals surface area contributed by atoms with Gasteiger partial charge in [-0.2, -0.15) is 8.78 Å². The Hall–Kier alpha value is -2.94. The van der Waals surface area contributed by atoms with Gasteiger partial charge in [-0.1, -0.05) is 11.6 Å². The molecular formula is C20H24ClF2N3O4. The molecule has 7 nitrogen and oxygen atoms in total. The Kier molecular flexibility index (Phi) is 8.79. The molecule has 2 N–H and O–H groups in total. The van der Waals surface area contributed by atoms with Gasteiger partial charge in [0.25, 0.3) is 0 Å². The smallest absolute Gasteiger partial charge is 0.387 e. The minimum Gasteiger partial charge on any atom is -0.496 e. The number of nitrogens with one attached hydrogen (secondary N) is 2. The highest BCUT2D eigenvalue weighted by molar-refractivity contribution is 6.30. The third-order valence-electron chi connectivity index (χ3n) is 4.16. The van der Waals surface area contributed by atoms with Crippen LogP contribution in [0.3, 0.4) is 0 Å². The topological polar surface area (TPSA) is 73.3 Å². The van der Waals surface area contributed by atoms with E-state index in [2.05, 4.69) is 20.4 Å². The fourth-order valence-corrected chi connectivity index (χ4v) is 2.92. The first-order valence-electron chi connectivity index (χ1n) is 8.88. The second-order valence-electron chi connectivity index (χ2n) is 5.92. The highest BCUT2D eigenvalue weighted by Gasteiger charge is 2.15. The maximum Gasteiger partial charge on any atom is 0.387 e. The van der Waals surface area contributed by atoms with Crippen LogP contribution in [0.5, 0.6) is 23.0 Å². The monoisotopic (exact) mass is 443 g/mol. The minimum atomic E-state index is -2.93. The zero-order valence-electron chi connectivity index (χ0n) is 17.1. The zero-order valence-corrected chi connectivity index (χ0v) is 17.8. The molecule has 10 heteroatoms. The zero-order chi connectivity index (χ0) is 22.1. The van der Waals surface area contributed by atoms with Gasteiger partial charge >= 0.3 is 6.61 Å². The molecule has 0 aliphatic carbocycles. The number of rotatable bonds is 9. The lowest BCUT2D eigenvalue weighted by atomic mass is 10.1. The lowest BCUT2D eigenvalue weighted by molar-refractivity contribution is -0.0504. The predicted octanol–water partition coefficient (Wildman–Crippen LogP) is 3.83. The van der Waals surface area contributed by atoms with Gasteiger partial charge < -0.3 is 29.6 Å². The molecule has 0 atom stereocenters. The number of alkyl halides is 2. The summed E-state index contributed by atoms with van der Waals surface area (Å²) < 4.78 is 45.9. The summed E-state index contributed by atoms with van der Waals surface area (Å²) in [6.45, 7) is -2.44. The summed E-state index contributed by atoms with van der Waals surface area (Å²) in [5.74, 6) is 2.23. The van der Waals surface area contributed by atoms with E-state index in [1.165, 1.54) is 12.1 Å². The molecule has 0 amide bonds. The first kappa shape index (κ1) is 23.3. The van der Waals surface area contributed by atoms with Crippen LogP contribution in [0.2, 0.25) is 5.02 Å². The van der Waals surface area contributed by atoms with Crippen molar-refractivity contribution in [2.75, 3.05) is 28.4 Å². The molecule has 0 aliphatic rings. The SMILES string of the molecule is CN=C(NCc1cc(Cl)ccc1OC(F)F)NCc1c(OC)cc(OC)cc1OC. The summed E-state index contributed by atoms with van der Waals surface area (Å²) in [7, 11) is 6.25. The van der Waals surface area contributed by atoms with Crippen molar-refractivity contribution in [3.63, 3.8) is 0 Å². The first-order chi connectivity index (χ1) is 14.4. The number of nitrogens with zero attached hydrogens (tertiary/aromatic N) is 1. The standard InChI is InChI=1S/C20H24ClF2N3O4/c1-24-20(25-10-12-7-13(21)5-6-16(12)30-19(22)23)26-11-15-17(28-3)8-14(27-2)9-18(15)29-4/h5-9,19H,10-11H2,1-4H3,(H2,24,25,26). The lowest BCUT2D eigenvalue weighted by Crippen LogP contribution is -2.36. The van der Waals surface area contributed by atoms with Crippen LogP contribution in [0.4, 0.5) is 8.78 Å². The van der Waals surface area contributed by atoms with Gasteiger partial charge in [-0.05, 0) is 18.2 Å². The molecule has 0 aromatic heterocycles. The average Bonchev–Trinajstić information content (AvgIpc) is 2.74. The van der Waals surface area contributed by atoms with Crippen LogP contribution < -0.4 is 29.6 Å². The number of aliphatic imine (C=N–C) groups is 1. The van der Waals surface area contributed by atoms with E-state index in [0.717, 1.165) is 5.56 Å². The van der Waals surface area contributed by atoms with Gasteiger partial charge in [0, 0.05) is 36.3 Å². The molecule has 0 spiro atoms. The number of hydrogen-bond acceptors (Lipinski definition) is 5. The van der Waals surface area contributed by atoms with E-state index in [0.29, 0.717) is 40.3 Å². The van der Waals surface area contributed by atoms with E-state index < -0.39 is 6.61 Å². The van der Waals surface area contributed by atoms with Crippen molar-refractivity contribution in [1.82, 2.24) is 10.6 Å². The van der Waals surface area contributed by atoms with Crippen molar-refractivity contribution >= 4 is 17.6 Å². The third-order valence-corrected chi connectivity index (χ3v) is 4.39. The third kappa shape index (κ3) is 6.28. The molecule has 2 aromatic rings. The summed E-state index contributed by atoms with van der Waals surface area (Å²) in [6, 6.07) is 7.92. The number of benzene rings is 2. The van der Waals surface area contributed by atoms with Crippen LogP contribution in [-0.4, -0.2) is 40.9 Å².